The van der Waals surface area contributed by atoms with Gasteiger partial charge in [0, 0.05) is 19.4 Å². The number of benzene rings is 1. The number of aromatic nitrogens is 2. The average Bonchev–Trinajstić information content (AvgIpc) is 2.82. The van der Waals surface area contributed by atoms with E-state index in [2.05, 4.69) is 10.3 Å². The average molecular weight is 285 g/mol. The summed E-state index contributed by atoms with van der Waals surface area (Å²) in [5.41, 5.74) is 0.137. The molecular weight excluding hydrogens is 271 g/mol. The number of aliphatic hydroxyl groups is 1. The second-order valence-corrected chi connectivity index (χ2v) is 4.37. The predicted octanol–water partition coefficient (Wildman–Crippen LogP) is 1.66. The number of aliphatic hydroxyl groups excluding tert-OH is 1. The summed E-state index contributed by atoms with van der Waals surface area (Å²) in [5.74, 6) is -3.38. The van der Waals surface area contributed by atoms with E-state index in [0.717, 1.165) is 12.1 Å². The molecule has 2 aromatic rings. The van der Waals surface area contributed by atoms with E-state index in [1.54, 1.807) is 24.0 Å². The Kier molecular flexibility index (Phi) is 4.41. The van der Waals surface area contributed by atoms with E-state index in [1.807, 2.05) is 0 Å². The van der Waals surface area contributed by atoms with Crippen LogP contribution in [-0.2, 0) is 13.6 Å². The normalized spacial score (nSPS) is 12.7. The van der Waals surface area contributed by atoms with Crippen molar-refractivity contribution in [1.82, 2.24) is 14.9 Å². The molecule has 0 aliphatic heterocycles. The minimum Gasteiger partial charge on any atom is -0.394 e. The van der Waals surface area contributed by atoms with Gasteiger partial charge in [0.2, 0.25) is 0 Å². The largest absolute Gasteiger partial charge is 0.394 e. The Hall–Kier alpha value is -1.86. The van der Waals surface area contributed by atoms with E-state index in [-0.39, 0.29) is 12.2 Å². The highest BCUT2D eigenvalue weighted by Gasteiger charge is 2.17. The van der Waals surface area contributed by atoms with Crippen molar-refractivity contribution in [1.29, 1.82) is 0 Å². The van der Waals surface area contributed by atoms with Gasteiger partial charge in [-0.05, 0) is 17.7 Å². The number of aryl methyl sites for hydroxylation is 1. The molecule has 0 saturated heterocycles. The van der Waals surface area contributed by atoms with E-state index in [4.69, 9.17) is 0 Å². The van der Waals surface area contributed by atoms with Gasteiger partial charge in [0.1, 0.15) is 5.82 Å². The summed E-state index contributed by atoms with van der Waals surface area (Å²) in [6.07, 6.45) is 3.37. The van der Waals surface area contributed by atoms with E-state index in [1.165, 1.54) is 0 Å². The topological polar surface area (TPSA) is 50.1 Å². The molecular formula is C13H14F3N3O. The number of nitrogens with one attached hydrogen (secondary N) is 1. The fourth-order valence-electron chi connectivity index (χ4n) is 1.85. The van der Waals surface area contributed by atoms with Crippen LogP contribution >= 0.6 is 0 Å². The Balaban J connectivity index is 2.14. The number of hydrogen-bond donors (Lipinski definition) is 2. The summed E-state index contributed by atoms with van der Waals surface area (Å²) < 4.78 is 41.0. The van der Waals surface area contributed by atoms with Crippen molar-refractivity contribution in [2.75, 3.05) is 6.61 Å². The molecule has 1 aromatic heterocycles. The van der Waals surface area contributed by atoms with Gasteiger partial charge < -0.3 is 15.0 Å². The first-order valence-corrected chi connectivity index (χ1v) is 5.97. The molecule has 1 heterocycles. The van der Waals surface area contributed by atoms with Crippen LogP contribution in [0.2, 0.25) is 0 Å². The van der Waals surface area contributed by atoms with Gasteiger partial charge in [-0.2, -0.15) is 0 Å². The molecule has 0 bridgehead atoms. The molecule has 0 spiro atoms. The van der Waals surface area contributed by atoms with Crippen molar-refractivity contribution in [3.8, 4) is 0 Å². The number of rotatable bonds is 5. The molecule has 0 fully saturated rings. The fourth-order valence-corrected chi connectivity index (χ4v) is 1.85. The van der Waals surface area contributed by atoms with Crippen molar-refractivity contribution < 1.29 is 18.3 Å². The maximum absolute atomic E-state index is 13.2. The van der Waals surface area contributed by atoms with Crippen molar-refractivity contribution in [2.24, 2.45) is 7.05 Å². The SMILES string of the molecule is Cn1ccnc1CNC(CO)c1cc(F)c(F)c(F)c1. The zero-order chi connectivity index (χ0) is 14.7. The van der Waals surface area contributed by atoms with Crippen LogP contribution in [0.25, 0.3) is 0 Å². The van der Waals surface area contributed by atoms with Crippen LogP contribution in [0.1, 0.15) is 17.4 Å². The fraction of sp³-hybridized carbons (Fsp3) is 0.308. The molecule has 0 radical (unpaired) electrons. The van der Waals surface area contributed by atoms with Gasteiger partial charge in [0.25, 0.3) is 0 Å². The number of halogens is 3. The molecule has 0 aliphatic rings. The van der Waals surface area contributed by atoms with Gasteiger partial charge >= 0.3 is 0 Å². The third-order valence-electron chi connectivity index (χ3n) is 3.02. The van der Waals surface area contributed by atoms with Crippen LogP contribution in [0.5, 0.6) is 0 Å². The van der Waals surface area contributed by atoms with Gasteiger partial charge in [-0.3, -0.25) is 0 Å². The second-order valence-electron chi connectivity index (χ2n) is 4.37. The molecule has 1 atom stereocenters. The molecule has 1 aromatic carbocycles. The molecule has 4 nitrogen and oxygen atoms in total. The quantitative estimate of drug-likeness (QED) is 0.822. The zero-order valence-corrected chi connectivity index (χ0v) is 10.8. The third-order valence-corrected chi connectivity index (χ3v) is 3.02. The first-order valence-electron chi connectivity index (χ1n) is 5.97. The molecule has 0 saturated carbocycles. The van der Waals surface area contributed by atoms with Gasteiger partial charge in [0.05, 0.1) is 19.2 Å². The third kappa shape index (κ3) is 3.00. The van der Waals surface area contributed by atoms with E-state index in [0.29, 0.717) is 12.4 Å². The maximum Gasteiger partial charge on any atom is 0.194 e. The van der Waals surface area contributed by atoms with Gasteiger partial charge in [-0.1, -0.05) is 0 Å². The van der Waals surface area contributed by atoms with Gasteiger partial charge in [-0.25, -0.2) is 18.2 Å². The van der Waals surface area contributed by atoms with Crippen molar-refractivity contribution >= 4 is 0 Å². The Labute approximate surface area is 113 Å². The van der Waals surface area contributed by atoms with Crippen molar-refractivity contribution in [2.45, 2.75) is 12.6 Å². The molecule has 2 N–H and O–H groups in total. The summed E-state index contributed by atoms with van der Waals surface area (Å²) in [6, 6.07) is 1.02. The summed E-state index contributed by atoms with van der Waals surface area (Å²) >= 11 is 0. The van der Waals surface area contributed by atoms with Crippen LogP contribution in [0.4, 0.5) is 13.2 Å². The maximum atomic E-state index is 13.2. The molecule has 108 valence electrons. The molecule has 2 rings (SSSR count). The first kappa shape index (κ1) is 14.5. The minimum absolute atomic E-state index is 0.137. The second kappa shape index (κ2) is 6.06. The monoisotopic (exact) mass is 285 g/mol. The van der Waals surface area contributed by atoms with Gasteiger partial charge in [0.15, 0.2) is 17.5 Å². The Morgan fingerprint density at radius 1 is 1.30 bits per heavy atom. The van der Waals surface area contributed by atoms with Crippen LogP contribution in [0.3, 0.4) is 0 Å². The van der Waals surface area contributed by atoms with Crippen LogP contribution in [0.15, 0.2) is 24.5 Å². The summed E-state index contributed by atoms with van der Waals surface area (Å²) in [5, 5.41) is 12.2. The highest BCUT2D eigenvalue weighted by Crippen LogP contribution is 2.19. The predicted molar refractivity (Wildman–Crippen MR) is 66.2 cm³/mol. The molecule has 0 aliphatic carbocycles. The summed E-state index contributed by atoms with van der Waals surface area (Å²) in [4.78, 5) is 4.08. The highest BCUT2D eigenvalue weighted by molar-refractivity contribution is 5.23. The molecule has 0 amide bonds. The number of nitrogens with zero attached hydrogens (tertiary/aromatic N) is 2. The van der Waals surface area contributed by atoms with Gasteiger partial charge in [-0.15, -0.1) is 0 Å². The lowest BCUT2D eigenvalue weighted by molar-refractivity contribution is 0.241. The Morgan fingerprint density at radius 3 is 2.45 bits per heavy atom. The van der Waals surface area contributed by atoms with Crippen molar-refractivity contribution in [3.05, 3.63) is 53.4 Å². The summed E-state index contributed by atoms with van der Waals surface area (Å²) in [7, 11) is 1.80. The Morgan fingerprint density at radius 2 is 1.95 bits per heavy atom. The lowest BCUT2D eigenvalue weighted by atomic mass is 10.1. The lowest BCUT2D eigenvalue weighted by Crippen LogP contribution is -2.25. The standard InChI is InChI=1S/C13H14F3N3O/c1-19-3-2-17-12(19)6-18-11(7-20)8-4-9(14)13(16)10(15)5-8/h2-5,11,18,20H,6-7H2,1H3. The van der Waals surface area contributed by atoms with E-state index < -0.39 is 23.5 Å². The number of hydrogen-bond acceptors (Lipinski definition) is 3. The highest BCUT2D eigenvalue weighted by atomic mass is 19.2. The van der Waals surface area contributed by atoms with Crippen LogP contribution < -0.4 is 5.32 Å². The molecule has 1 unspecified atom stereocenters. The van der Waals surface area contributed by atoms with Crippen LogP contribution in [0, 0.1) is 17.5 Å². The minimum atomic E-state index is -1.52. The first-order chi connectivity index (χ1) is 9.52. The van der Waals surface area contributed by atoms with Crippen molar-refractivity contribution in [3.63, 3.8) is 0 Å². The molecule has 7 heteroatoms. The van der Waals surface area contributed by atoms with E-state index in [9.17, 15) is 18.3 Å². The zero-order valence-electron chi connectivity index (χ0n) is 10.8. The lowest BCUT2D eigenvalue weighted by Gasteiger charge is -2.17. The smallest absolute Gasteiger partial charge is 0.194 e. The summed E-state index contributed by atoms with van der Waals surface area (Å²) in [6.45, 7) is -0.0791. The van der Waals surface area contributed by atoms with Crippen LogP contribution in [-0.4, -0.2) is 21.3 Å². The Bertz CT molecular complexity index is 577. The molecule has 20 heavy (non-hydrogen) atoms. The number of imidazole rings is 1. The van der Waals surface area contributed by atoms with E-state index >= 15 is 0 Å².